The molecule has 1 aromatic carbocycles. The van der Waals surface area contributed by atoms with E-state index in [1.54, 1.807) is 0 Å². The highest BCUT2D eigenvalue weighted by molar-refractivity contribution is 5.76. The van der Waals surface area contributed by atoms with E-state index < -0.39 is 17.5 Å². The van der Waals surface area contributed by atoms with Gasteiger partial charge in [0.1, 0.15) is 11.1 Å². The molecule has 0 aliphatic carbocycles. The maximum absolute atomic E-state index is 12.2. The number of fused-ring (bicyclic) bond motifs is 1. The van der Waals surface area contributed by atoms with Gasteiger partial charge in [0.05, 0.1) is 11.8 Å². The zero-order valence-electron chi connectivity index (χ0n) is 15.0. The molecule has 6 heteroatoms. The topological polar surface area (TPSA) is 78.1 Å². The standard InChI is InChI=1S/C21H23N3O3/c25-18-9-11-23(13-17-14-24-10-5-4-8-19(24)22-17)15-21(18,20(26)27)12-16-6-2-1-3-7-16/h1-8,10,14,18,25H,9,11-13,15H2,(H,26,27)/t18-,21+/m0/s1. The molecule has 1 fully saturated rings. The summed E-state index contributed by atoms with van der Waals surface area (Å²) in [5, 5.41) is 20.6. The van der Waals surface area contributed by atoms with Gasteiger partial charge in [-0.3, -0.25) is 9.69 Å². The number of hydrogen-bond donors (Lipinski definition) is 2. The molecule has 3 heterocycles. The number of nitrogens with zero attached hydrogens (tertiary/aromatic N) is 3. The van der Waals surface area contributed by atoms with Crippen LogP contribution >= 0.6 is 0 Å². The fourth-order valence-corrected chi connectivity index (χ4v) is 4.01. The van der Waals surface area contributed by atoms with Crippen molar-refractivity contribution in [3.63, 3.8) is 0 Å². The maximum Gasteiger partial charge on any atom is 0.313 e. The molecule has 0 saturated carbocycles. The van der Waals surface area contributed by atoms with Crippen molar-refractivity contribution in [2.24, 2.45) is 5.41 Å². The van der Waals surface area contributed by atoms with Gasteiger partial charge in [-0.15, -0.1) is 0 Å². The van der Waals surface area contributed by atoms with Gasteiger partial charge in [0.25, 0.3) is 0 Å². The fraction of sp³-hybridized carbons (Fsp3) is 0.333. The van der Waals surface area contributed by atoms with Crippen LogP contribution in [0.2, 0.25) is 0 Å². The number of carbonyl (C=O) groups is 1. The summed E-state index contributed by atoms with van der Waals surface area (Å²) in [7, 11) is 0. The second-order valence-corrected chi connectivity index (χ2v) is 7.34. The molecule has 140 valence electrons. The number of aromatic nitrogens is 2. The fourth-order valence-electron chi connectivity index (χ4n) is 4.01. The molecule has 0 unspecified atom stereocenters. The van der Waals surface area contributed by atoms with E-state index in [4.69, 9.17) is 0 Å². The van der Waals surface area contributed by atoms with Crippen molar-refractivity contribution in [2.75, 3.05) is 13.1 Å². The number of likely N-dealkylation sites (tertiary alicyclic amines) is 1. The third-order valence-electron chi connectivity index (χ3n) is 5.45. The quantitative estimate of drug-likeness (QED) is 0.725. The first-order chi connectivity index (χ1) is 13.1. The van der Waals surface area contributed by atoms with E-state index >= 15 is 0 Å². The normalized spacial score (nSPS) is 23.5. The van der Waals surface area contributed by atoms with Gasteiger partial charge in [-0.05, 0) is 30.5 Å². The molecule has 0 bridgehead atoms. The lowest BCUT2D eigenvalue weighted by molar-refractivity contribution is -0.163. The van der Waals surface area contributed by atoms with Crippen LogP contribution in [0.15, 0.2) is 60.9 Å². The Bertz CT molecular complexity index is 907. The Labute approximate surface area is 157 Å². The summed E-state index contributed by atoms with van der Waals surface area (Å²) in [6.07, 6.45) is 3.80. The van der Waals surface area contributed by atoms with E-state index in [0.717, 1.165) is 16.9 Å². The third-order valence-corrected chi connectivity index (χ3v) is 5.45. The molecular formula is C21H23N3O3. The number of carboxylic acid groups (broad SMARTS) is 1. The summed E-state index contributed by atoms with van der Waals surface area (Å²) in [6.45, 7) is 1.52. The Balaban J connectivity index is 1.57. The number of rotatable bonds is 5. The van der Waals surface area contributed by atoms with Gasteiger partial charge in [-0.25, -0.2) is 4.98 Å². The predicted octanol–water partition coefficient (Wildman–Crippen LogP) is 2.21. The van der Waals surface area contributed by atoms with Crippen molar-refractivity contribution in [1.29, 1.82) is 0 Å². The molecule has 27 heavy (non-hydrogen) atoms. The highest BCUT2D eigenvalue weighted by atomic mass is 16.4. The molecule has 2 atom stereocenters. The zero-order valence-corrected chi connectivity index (χ0v) is 15.0. The minimum atomic E-state index is -1.21. The van der Waals surface area contributed by atoms with E-state index in [0.29, 0.717) is 32.5 Å². The van der Waals surface area contributed by atoms with Crippen molar-refractivity contribution in [3.8, 4) is 0 Å². The first-order valence-corrected chi connectivity index (χ1v) is 9.17. The maximum atomic E-state index is 12.2. The molecule has 2 aromatic heterocycles. The van der Waals surface area contributed by atoms with Crippen LogP contribution in [-0.2, 0) is 17.8 Å². The molecule has 1 aliphatic rings. The molecule has 1 aliphatic heterocycles. The first-order valence-electron chi connectivity index (χ1n) is 9.17. The highest BCUT2D eigenvalue weighted by Crippen LogP contribution is 2.35. The van der Waals surface area contributed by atoms with Crippen molar-refractivity contribution < 1.29 is 15.0 Å². The lowest BCUT2D eigenvalue weighted by atomic mass is 9.73. The monoisotopic (exact) mass is 365 g/mol. The van der Waals surface area contributed by atoms with Crippen LogP contribution in [-0.4, -0.2) is 49.7 Å². The predicted molar refractivity (Wildman–Crippen MR) is 101 cm³/mol. The van der Waals surface area contributed by atoms with Gasteiger partial charge in [0, 0.05) is 32.0 Å². The summed E-state index contributed by atoms with van der Waals surface area (Å²) in [6, 6.07) is 15.4. The molecule has 0 spiro atoms. The summed E-state index contributed by atoms with van der Waals surface area (Å²) in [5.74, 6) is -0.946. The molecule has 4 rings (SSSR count). The van der Waals surface area contributed by atoms with Crippen LogP contribution in [0.4, 0.5) is 0 Å². The summed E-state index contributed by atoms with van der Waals surface area (Å²) in [4.78, 5) is 18.9. The summed E-state index contributed by atoms with van der Waals surface area (Å²) < 4.78 is 1.96. The van der Waals surface area contributed by atoms with Crippen LogP contribution in [0.25, 0.3) is 5.65 Å². The van der Waals surface area contributed by atoms with E-state index in [1.807, 2.05) is 65.3 Å². The van der Waals surface area contributed by atoms with Gasteiger partial charge in [-0.2, -0.15) is 0 Å². The minimum Gasteiger partial charge on any atom is -0.481 e. The van der Waals surface area contributed by atoms with Crippen LogP contribution in [0.1, 0.15) is 17.7 Å². The number of aliphatic hydroxyl groups is 1. The molecular weight excluding hydrogens is 342 g/mol. The van der Waals surface area contributed by atoms with Crippen molar-refractivity contribution in [2.45, 2.75) is 25.5 Å². The molecule has 3 aromatic rings. The summed E-state index contributed by atoms with van der Waals surface area (Å²) >= 11 is 0. The highest BCUT2D eigenvalue weighted by Gasteiger charge is 2.49. The average Bonchev–Trinajstić information content (AvgIpc) is 3.07. The second kappa shape index (κ2) is 7.13. The smallest absolute Gasteiger partial charge is 0.313 e. The van der Waals surface area contributed by atoms with Gasteiger partial charge in [0.15, 0.2) is 0 Å². The molecule has 6 nitrogen and oxygen atoms in total. The van der Waals surface area contributed by atoms with Crippen LogP contribution in [0.3, 0.4) is 0 Å². The van der Waals surface area contributed by atoms with E-state index in [9.17, 15) is 15.0 Å². The van der Waals surface area contributed by atoms with Gasteiger partial charge in [-0.1, -0.05) is 36.4 Å². The Morgan fingerprint density at radius 2 is 1.96 bits per heavy atom. The SMILES string of the molecule is O=C(O)[C@]1(Cc2ccccc2)CN(Cc2cn3ccccc3n2)CC[C@@H]1O. The average molecular weight is 365 g/mol. The number of carboxylic acids is 1. The zero-order chi connectivity index (χ0) is 18.9. The van der Waals surface area contributed by atoms with Crippen LogP contribution in [0.5, 0.6) is 0 Å². The number of pyridine rings is 1. The number of aliphatic hydroxyl groups excluding tert-OH is 1. The number of benzene rings is 1. The van der Waals surface area contributed by atoms with Gasteiger partial charge in [0.2, 0.25) is 0 Å². The molecule has 2 N–H and O–H groups in total. The van der Waals surface area contributed by atoms with Crippen molar-refractivity contribution in [1.82, 2.24) is 14.3 Å². The van der Waals surface area contributed by atoms with Crippen LogP contribution in [0, 0.1) is 5.41 Å². The molecule has 0 radical (unpaired) electrons. The van der Waals surface area contributed by atoms with E-state index in [2.05, 4.69) is 9.88 Å². The Morgan fingerprint density at radius 1 is 1.19 bits per heavy atom. The van der Waals surface area contributed by atoms with E-state index in [1.165, 1.54) is 0 Å². The Morgan fingerprint density at radius 3 is 2.70 bits per heavy atom. The van der Waals surface area contributed by atoms with Crippen molar-refractivity contribution in [3.05, 3.63) is 72.2 Å². The second-order valence-electron chi connectivity index (χ2n) is 7.34. The first kappa shape index (κ1) is 17.7. The third kappa shape index (κ3) is 3.46. The summed E-state index contributed by atoms with van der Waals surface area (Å²) in [5.41, 5.74) is 1.49. The number of aliphatic carboxylic acids is 1. The largest absolute Gasteiger partial charge is 0.481 e. The Kier molecular flexibility index (Phi) is 4.68. The molecule has 1 saturated heterocycles. The number of piperidine rings is 1. The van der Waals surface area contributed by atoms with Crippen LogP contribution < -0.4 is 0 Å². The van der Waals surface area contributed by atoms with Gasteiger partial charge < -0.3 is 14.6 Å². The lowest BCUT2D eigenvalue weighted by Crippen LogP contribution is -2.56. The van der Waals surface area contributed by atoms with Crippen molar-refractivity contribution >= 4 is 11.6 Å². The van der Waals surface area contributed by atoms with Gasteiger partial charge >= 0.3 is 5.97 Å². The lowest BCUT2D eigenvalue weighted by Gasteiger charge is -2.43. The number of hydrogen-bond acceptors (Lipinski definition) is 4. The van der Waals surface area contributed by atoms with E-state index in [-0.39, 0.29) is 0 Å². The Hall–Kier alpha value is -2.70. The minimum absolute atomic E-state index is 0.298. The number of imidazole rings is 1. The molecule has 0 amide bonds.